The summed E-state index contributed by atoms with van der Waals surface area (Å²) in [5.74, 6) is 0.784. The fourth-order valence-corrected chi connectivity index (χ4v) is 9.93. The molecule has 1 saturated heterocycles. The Balaban J connectivity index is 1.18. The van der Waals surface area contributed by atoms with E-state index in [0.717, 1.165) is 76.4 Å². The summed E-state index contributed by atoms with van der Waals surface area (Å²) in [4.78, 5) is 14.1. The lowest BCUT2D eigenvalue weighted by Gasteiger charge is -2.66. The summed E-state index contributed by atoms with van der Waals surface area (Å²) >= 11 is 0. The summed E-state index contributed by atoms with van der Waals surface area (Å²) in [7, 11) is 0. The lowest BCUT2D eigenvalue weighted by atomic mass is 9.42. The molecule has 36 heavy (non-hydrogen) atoms. The molecule has 1 aliphatic heterocycles. The van der Waals surface area contributed by atoms with Gasteiger partial charge in [-0.25, -0.2) is 4.79 Å². The Hall–Kier alpha value is -1.21. The fraction of sp³-hybridized carbons (Fsp3) is 0.833. The smallest absolute Gasteiger partial charge is 0.335 e. The average molecular weight is 499 g/mol. The van der Waals surface area contributed by atoms with E-state index in [1.165, 1.54) is 32.0 Å². The highest BCUT2D eigenvalue weighted by molar-refractivity contribution is 5.27. The summed E-state index contributed by atoms with van der Waals surface area (Å²) in [6.07, 6.45) is 12.7. The Kier molecular flexibility index (Phi) is 6.22. The molecular weight excluding hydrogens is 452 g/mol. The molecule has 2 heterocycles. The van der Waals surface area contributed by atoms with E-state index in [9.17, 15) is 15.0 Å². The lowest BCUT2D eigenvalue weighted by molar-refractivity contribution is -0.247. The van der Waals surface area contributed by atoms with Crippen LogP contribution in [-0.2, 0) is 0 Å². The van der Waals surface area contributed by atoms with Crippen molar-refractivity contribution in [3.63, 3.8) is 0 Å². The molecule has 0 amide bonds. The van der Waals surface area contributed by atoms with Crippen molar-refractivity contribution in [2.24, 2.45) is 22.7 Å². The van der Waals surface area contributed by atoms with Gasteiger partial charge in [0.25, 0.3) is 0 Å². The van der Waals surface area contributed by atoms with Crippen LogP contribution in [0.2, 0.25) is 0 Å². The molecule has 5 aliphatic rings. The highest BCUT2D eigenvalue weighted by atomic mass is 16.4. The Bertz CT molecular complexity index is 1000. The summed E-state index contributed by atoms with van der Waals surface area (Å²) < 4.78 is 5.22. The summed E-state index contributed by atoms with van der Waals surface area (Å²) in [6.45, 7) is 9.22. The number of hydrogen-bond acceptors (Lipinski definition) is 6. The molecule has 8 atom stereocenters. The molecule has 1 aromatic heterocycles. The first kappa shape index (κ1) is 25.1. The molecule has 4 aliphatic carbocycles. The molecule has 4 saturated carbocycles. The minimum Gasteiger partial charge on any atom is -0.431 e. The van der Waals surface area contributed by atoms with Crippen LogP contribution >= 0.6 is 0 Å². The van der Waals surface area contributed by atoms with Crippen molar-refractivity contribution in [3.8, 4) is 0 Å². The van der Waals surface area contributed by atoms with Gasteiger partial charge < -0.3 is 24.8 Å². The van der Waals surface area contributed by atoms with Gasteiger partial charge in [0.15, 0.2) is 0 Å². The Morgan fingerprint density at radius 2 is 1.72 bits per heavy atom. The van der Waals surface area contributed by atoms with Crippen molar-refractivity contribution in [1.82, 2.24) is 10.2 Å². The lowest BCUT2D eigenvalue weighted by Crippen LogP contribution is -2.67. The Labute approximate surface area is 215 Å². The van der Waals surface area contributed by atoms with Crippen LogP contribution in [0.5, 0.6) is 0 Å². The predicted molar refractivity (Wildman–Crippen MR) is 140 cm³/mol. The highest BCUT2D eigenvalue weighted by Gasteiger charge is 2.69. The maximum absolute atomic E-state index is 12.4. The third kappa shape index (κ3) is 3.69. The van der Waals surface area contributed by atoms with Gasteiger partial charge in [-0.1, -0.05) is 13.8 Å². The number of likely N-dealkylation sites (tertiary alicyclic amines) is 1. The minimum atomic E-state index is -0.730. The topological polar surface area (TPSA) is 85.9 Å². The van der Waals surface area contributed by atoms with Crippen LogP contribution in [0.25, 0.3) is 0 Å². The van der Waals surface area contributed by atoms with Crippen LogP contribution in [0, 0.1) is 22.7 Å². The van der Waals surface area contributed by atoms with Gasteiger partial charge in [0.1, 0.15) is 0 Å². The number of hydrogen-bond donors (Lipinski definition) is 3. The van der Waals surface area contributed by atoms with E-state index < -0.39 is 11.2 Å². The van der Waals surface area contributed by atoms with Gasteiger partial charge in [-0.15, -0.1) is 0 Å². The van der Waals surface area contributed by atoms with Crippen LogP contribution in [0.4, 0.5) is 0 Å². The highest BCUT2D eigenvalue weighted by Crippen LogP contribution is 2.71. The molecule has 0 spiro atoms. The first-order valence-corrected chi connectivity index (χ1v) is 14.7. The molecule has 3 N–H and O–H groups in total. The van der Waals surface area contributed by atoms with E-state index in [1.54, 1.807) is 6.26 Å². The van der Waals surface area contributed by atoms with Crippen molar-refractivity contribution >= 4 is 0 Å². The first-order chi connectivity index (χ1) is 17.2. The zero-order chi connectivity index (χ0) is 25.2. The van der Waals surface area contributed by atoms with Crippen LogP contribution < -0.4 is 10.9 Å². The van der Waals surface area contributed by atoms with Crippen molar-refractivity contribution < 1.29 is 14.6 Å². The van der Waals surface area contributed by atoms with Gasteiger partial charge >= 0.3 is 5.63 Å². The number of fused-ring (bicyclic) bond motifs is 5. The van der Waals surface area contributed by atoms with E-state index in [-0.39, 0.29) is 28.3 Å². The zero-order valence-corrected chi connectivity index (χ0v) is 22.3. The van der Waals surface area contributed by atoms with E-state index in [4.69, 9.17) is 4.42 Å². The van der Waals surface area contributed by atoms with Crippen LogP contribution in [0.1, 0.15) is 96.0 Å². The third-order valence-corrected chi connectivity index (χ3v) is 12.2. The number of aliphatic hydroxyl groups is 2. The largest absolute Gasteiger partial charge is 0.431 e. The maximum Gasteiger partial charge on any atom is 0.335 e. The van der Waals surface area contributed by atoms with Crippen molar-refractivity contribution in [3.05, 3.63) is 34.4 Å². The van der Waals surface area contributed by atoms with Gasteiger partial charge in [-0.3, -0.25) is 0 Å². The second-order valence-corrected chi connectivity index (χ2v) is 13.5. The first-order valence-electron chi connectivity index (χ1n) is 14.7. The van der Waals surface area contributed by atoms with Crippen molar-refractivity contribution in [2.75, 3.05) is 26.2 Å². The molecular formula is C30H46N2O4. The van der Waals surface area contributed by atoms with Crippen LogP contribution in [-0.4, -0.2) is 58.5 Å². The molecule has 0 radical (unpaired) electrons. The molecule has 200 valence electrons. The van der Waals surface area contributed by atoms with Crippen molar-refractivity contribution in [1.29, 1.82) is 0 Å². The maximum atomic E-state index is 12.4. The molecule has 6 heteroatoms. The van der Waals surface area contributed by atoms with Gasteiger partial charge in [0.2, 0.25) is 0 Å². The van der Waals surface area contributed by atoms with E-state index in [2.05, 4.69) is 24.1 Å². The molecule has 1 aromatic rings. The van der Waals surface area contributed by atoms with Gasteiger partial charge in [-0.05, 0) is 119 Å². The monoisotopic (exact) mass is 498 g/mol. The Morgan fingerprint density at radius 1 is 0.972 bits per heavy atom. The van der Waals surface area contributed by atoms with Crippen LogP contribution in [0.3, 0.4) is 0 Å². The second kappa shape index (κ2) is 8.93. The molecule has 0 unspecified atom stereocenters. The molecule has 6 nitrogen and oxygen atoms in total. The number of nitrogens with one attached hydrogen (secondary N) is 1. The number of rotatable bonds is 5. The normalized spacial score (nSPS) is 46.8. The van der Waals surface area contributed by atoms with Crippen molar-refractivity contribution in [2.45, 2.75) is 108 Å². The number of nitrogens with zero attached hydrogens (tertiary/aromatic N) is 1. The molecule has 0 bridgehead atoms. The second-order valence-electron chi connectivity index (χ2n) is 13.5. The third-order valence-electron chi connectivity index (χ3n) is 12.2. The average Bonchev–Trinajstić information content (AvgIpc) is 3.46. The Morgan fingerprint density at radius 3 is 2.47 bits per heavy atom. The zero-order valence-electron chi connectivity index (χ0n) is 22.3. The molecule has 5 fully saturated rings. The summed E-state index contributed by atoms with van der Waals surface area (Å²) in [5.41, 5.74) is -1.02. The van der Waals surface area contributed by atoms with Gasteiger partial charge in [0.05, 0.1) is 17.5 Å². The molecule has 0 aromatic carbocycles. The minimum absolute atomic E-state index is 0.141. The van der Waals surface area contributed by atoms with Gasteiger partial charge in [0, 0.05) is 30.6 Å². The van der Waals surface area contributed by atoms with E-state index in [1.807, 2.05) is 6.07 Å². The summed E-state index contributed by atoms with van der Waals surface area (Å²) in [5, 5.41) is 28.4. The molecule has 6 rings (SSSR count). The predicted octanol–water partition coefficient (Wildman–Crippen LogP) is 4.05. The van der Waals surface area contributed by atoms with E-state index >= 15 is 0 Å². The standard InChI is InChI=1S/C30H46N2O4/c1-27-11-7-22(31-15-18-32-16-3-4-17-32)19-29(27,34)13-9-25-24(27)8-12-28(2)23(10-14-30(25,28)35)21-5-6-26(33)36-20-21/h5-6,20,22-25,31,34-35H,3-4,7-19H2,1-2H3/t22-,23+,24-,25+,27+,28+,29-,30-/m0/s1. The fourth-order valence-electron chi connectivity index (χ4n) is 9.93. The SMILES string of the molecule is C[C@]12CC[C@H](NCCN3CCCC3)C[C@@]1(O)CC[C@@H]1[C@@H]2CC[C@]2(C)[C@@H](c3ccc(=O)oc3)CC[C@]12O. The quantitative estimate of drug-likeness (QED) is 0.568. The van der Waals surface area contributed by atoms with Gasteiger partial charge in [-0.2, -0.15) is 0 Å². The van der Waals surface area contributed by atoms with E-state index in [0.29, 0.717) is 12.0 Å². The summed E-state index contributed by atoms with van der Waals surface area (Å²) in [6, 6.07) is 3.81. The van der Waals surface area contributed by atoms with Crippen LogP contribution in [0.15, 0.2) is 27.6 Å².